The molecule has 1 heterocycles. The highest BCUT2D eigenvalue weighted by Crippen LogP contribution is 2.22. The maximum Gasteiger partial charge on any atom is 0.141 e. The third-order valence-corrected chi connectivity index (χ3v) is 3.55. The highest BCUT2D eigenvalue weighted by molar-refractivity contribution is 6.30. The summed E-state index contributed by atoms with van der Waals surface area (Å²) in [5, 5.41) is 4.23. The van der Waals surface area contributed by atoms with Crippen molar-refractivity contribution in [2.75, 3.05) is 0 Å². The SMILES string of the molecule is CCC(N[C@H](C)c1cccc(Cl)c1)c1ccc(F)cn1. The zero-order chi connectivity index (χ0) is 14.5. The molecule has 2 atom stereocenters. The van der Waals surface area contributed by atoms with Crippen molar-refractivity contribution >= 4 is 11.6 Å². The van der Waals surface area contributed by atoms with Crippen LogP contribution in [0.15, 0.2) is 42.6 Å². The summed E-state index contributed by atoms with van der Waals surface area (Å²) in [5.74, 6) is -0.313. The Labute approximate surface area is 124 Å². The van der Waals surface area contributed by atoms with Gasteiger partial charge in [0.1, 0.15) is 5.82 Å². The Morgan fingerprint density at radius 1 is 1.30 bits per heavy atom. The first-order valence-corrected chi connectivity index (χ1v) is 7.11. The van der Waals surface area contributed by atoms with Crippen LogP contribution in [-0.2, 0) is 0 Å². The smallest absolute Gasteiger partial charge is 0.141 e. The average Bonchev–Trinajstić information content (AvgIpc) is 2.45. The molecule has 106 valence electrons. The van der Waals surface area contributed by atoms with Crippen LogP contribution in [-0.4, -0.2) is 4.98 Å². The molecule has 2 rings (SSSR count). The number of pyridine rings is 1. The second-order valence-corrected chi connectivity index (χ2v) is 5.24. The summed E-state index contributed by atoms with van der Waals surface area (Å²) in [6.45, 7) is 4.16. The van der Waals surface area contributed by atoms with Crippen LogP contribution in [0.25, 0.3) is 0 Å². The third-order valence-electron chi connectivity index (χ3n) is 3.32. The molecule has 0 radical (unpaired) electrons. The number of aromatic nitrogens is 1. The molecule has 20 heavy (non-hydrogen) atoms. The number of rotatable bonds is 5. The summed E-state index contributed by atoms with van der Waals surface area (Å²) in [6, 6.07) is 11.2. The Balaban J connectivity index is 2.11. The first-order chi connectivity index (χ1) is 9.60. The third kappa shape index (κ3) is 3.78. The summed E-state index contributed by atoms with van der Waals surface area (Å²) < 4.78 is 12.9. The molecule has 0 aliphatic carbocycles. The normalized spacial score (nSPS) is 14.0. The minimum atomic E-state index is -0.313. The molecule has 0 aliphatic rings. The van der Waals surface area contributed by atoms with Crippen LogP contribution in [0.4, 0.5) is 4.39 Å². The van der Waals surface area contributed by atoms with Crippen molar-refractivity contribution in [3.8, 4) is 0 Å². The molecule has 1 N–H and O–H groups in total. The van der Waals surface area contributed by atoms with Crippen LogP contribution in [0.5, 0.6) is 0 Å². The van der Waals surface area contributed by atoms with E-state index in [-0.39, 0.29) is 17.9 Å². The van der Waals surface area contributed by atoms with Gasteiger partial charge in [-0.25, -0.2) is 4.39 Å². The highest BCUT2D eigenvalue weighted by Gasteiger charge is 2.15. The van der Waals surface area contributed by atoms with Gasteiger partial charge in [0.15, 0.2) is 0 Å². The van der Waals surface area contributed by atoms with Gasteiger partial charge >= 0.3 is 0 Å². The van der Waals surface area contributed by atoms with Crippen LogP contribution in [0, 0.1) is 5.82 Å². The number of halogens is 2. The van der Waals surface area contributed by atoms with Crippen molar-refractivity contribution in [3.05, 3.63) is 64.7 Å². The maximum absolute atomic E-state index is 12.9. The minimum absolute atomic E-state index is 0.0876. The van der Waals surface area contributed by atoms with Gasteiger partial charge in [-0.15, -0.1) is 0 Å². The van der Waals surface area contributed by atoms with Gasteiger partial charge in [0.2, 0.25) is 0 Å². The van der Waals surface area contributed by atoms with E-state index in [0.717, 1.165) is 22.7 Å². The molecule has 1 aromatic heterocycles. The Bertz CT molecular complexity index is 557. The topological polar surface area (TPSA) is 24.9 Å². The molecular weight excluding hydrogens is 275 g/mol. The van der Waals surface area contributed by atoms with E-state index < -0.39 is 0 Å². The van der Waals surface area contributed by atoms with Crippen LogP contribution in [0.3, 0.4) is 0 Å². The number of nitrogens with one attached hydrogen (secondary N) is 1. The lowest BCUT2D eigenvalue weighted by Gasteiger charge is -2.22. The van der Waals surface area contributed by atoms with Crippen LogP contribution >= 0.6 is 11.6 Å². The molecule has 2 aromatic rings. The Hall–Kier alpha value is -1.45. The number of hydrogen-bond donors (Lipinski definition) is 1. The molecule has 1 unspecified atom stereocenters. The Kier molecular flexibility index (Phi) is 5.10. The Morgan fingerprint density at radius 3 is 2.70 bits per heavy atom. The van der Waals surface area contributed by atoms with E-state index in [2.05, 4.69) is 24.1 Å². The van der Waals surface area contributed by atoms with Gasteiger partial charge in [0.05, 0.1) is 11.9 Å². The molecule has 4 heteroatoms. The summed E-state index contributed by atoms with van der Waals surface area (Å²) >= 11 is 6.01. The molecule has 1 aromatic carbocycles. The molecule has 2 nitrogen and oxygen atoms in total. The summed E-state index contributed by atoms with van der Waals surface area (Å²) in [4.78, 5) is 4.15. The predicted molar refractivity (Wildman–Crippen MR) is 80.2 cm³/mol. The van der Waals surface area contributed by atoms with E-state index in [1.165, 1.54) is 12.3 Å². The van der Waals surface area contributed by atoms with Crippen LogP contribution < -0.4 is 5.32 Å². The molecule has 0 saturated carbocycles. The second-order valence-electron chi connectivity index (χ2n) is 4.81. The summed E-state index contributed by atoms with van der Waals surface area (Å²) in [6.07, 6.45) is 2.13. The predicted octanol–water partition coefficient (Wildman–Crippen LogP) is 4.68. The molecule has 0 amide bonds. The van der Waals surface area contributed by atoms with Gasteiger partial charge in [-0.1, -0.05) is 30.7 Å². The van der Waals surface area contributed by atoms with Gasteiger partial charge < -0.3 is 5.32 Å². The average molecular weight is 293 g/mol. The van der Waals surface area contributed by atoms with Crippen LogP contribution in [0.2, 0.25) is 5.02 Å². The molecule has 0 bridgehead atoms. The van der Waals surface area contributed by atoms with Crippen molar-refractivity contribution < 1.29 is 4.39 Å². The molecule has 0 fully saturated rings. The first kappa shape index (κ1) is 14.9. The van der Waals surface area contributed by atoms with Crippen molar-refractivity contribution in [3.63, 3.8) is 0 Å². The lowest BCUT2D eigenvalue weighted by molar-refractivity contribution is 0.447. The highest BCUT2D eigenvalue weighted by atomic mass is 35.5. The first-order valence-electron chi connectivity index (χ1n) is 6.73. The monoisotopic (exact) mass is 292 g/mol. The number of nitrogens with zero attached hydrogens (tertiary/aromatic N) is 1. The molecule has 0 aliphatic heterocycles. The zero-order valence-electron chi connectivity index (χ0n) is 11.6. The van der Waals surface area contributed by atoms with Crippen molar-refractivity contribution in [2.45, 2.75) is 32.4 Å². The van der Waals surface area contributed by atoms with E-state index in [0.29, 0.717) is 0 Å². The van der Waals surface area contributed by atoms with E-state index in [4.69, 9.17) is 11.6 Å². The fourth-order valence-corrected chi connectivity index (χ4v) is 2.38. The second kappa shape index (κ2) is 6.82. The quantitative estimate of drug-likeness (QED) is 0.866. The lowest BCUT2D eigenvalue weighted by Crippen LogP contribution is -2.25. The number of hydrogen-bond acceptors (Lipinski definition) is 2. The van der Waals surface area contributed by atoms with E-state index in [1.54, 1.807) is 6.07 Å². The fourth-order valence-electron chi connectivity index (χ4n) is 2.18. The van der Waals surface area contributed by atoms with Gasteiger partial charge in [0, 0.05) is 17.1 Å². The van der Waals surface area contributed by atoms with Gasteiger partial charge in [-0.05, 0) is 43.2 Å². The molecular formula is C16H18ClFN2. The maximum atomic E-state index is 12.9. The van der Waals surface area contributed by atoms with Crippen molar-refractivity contribution in [2.24, 2.45) is 0 Å². The molecule has 0 spiro atoms. The van der Waals surface area contributed by atoms with E-state index >= 15 is 0 Å². The van der Waals surface area contributed by atoms with E-state index in [9.17, 15) is 4.39 Å². The zero-order valence-corrected chi connectivity index (χ0v) is 12.4. The van der Waals surface area contributed by atoms with Crippen LogP contribution in [0.1, 0.15) is 43.6 Å². The summed E-state index contributed by atoms with van der Waals surface area (Å²) in [7, 11) is 0. The van der Waals surface area contributed by atoms with Gasteiger partial charge in [-0.3, -0.25) is 4.98 Å². The fraction of sp³-hybridized carbons (Fsp3) is 0.312. The van der Waals surface area contributed by atoms with Gasteiger partial charge in [0.25, 0.3) is 0 Å². The van der Waals surface area contributed by atoms with Crippen molar-refractivity contribution in [1.82, 2.24) is 10.3 Å². The largest absolute Gasteiger partial charge is 0.302 e. The van der Waals surface area contributed by atoms with Crippen molar-refractivity contribution in [1.29, 1.82) is 0 Å². The lowest BCUT2D eigenvalue weighted by atomic mass is 10.0. The molecule has 0 saturated heterocycles. The summed E-state index contributed by atoms with van der Waals surface area (Å²) in [5.41, 5.74) is 1.97. The van der Waals surface area contributed by atoms with Gasteiger partial charge in [-0.2, -0.15) is 0 Å². The van der Waals surface area contributed by atoms with E-state index in [1.807, 2.05) is 24.3 Å². The Morgan fingerprint density at radius 2 is 2.10 bits per heavy atom. The number of benzene rings is 1. The standard InChI is InChI=1S/C16H18ClFN2/c1-3-15(16-8-7-14(18)10-19-16)20-11(2)12-5-4-6-13(17)9-12/h4-11,15,20H,3H2,1-2H3/t11-,15?/m1/s1. The minimum Gasteiger partial charge on any atom is -0.302 e.